The highest BCUT2D eigenvalue weighted by molar-refractivity contribution is 7.16. The summed E-state index contributed by atoms with van der Waals surface area (Å²) in [5.74, 6) is 1.40. The Morgan fingerprint density at radius 3 is 2.94 bits per heavy atom. The van der Waals surface area contributed by atoms with Gasteiger partial charge in [0.15, 0.2) is 5.82 Å². The molecule has 2 N–H and O–H groups in total. The first kappa shape index (κ1) is 13.4. The Hall–Kier alpha value is -1.05. The molecule has 7 heteroatoms. The van der Waals surface area contributed by atoms with Crippen molar-refractivity contribution in [2.24, 2.45) is 11.7 Å². The average molecular weight is 269 g/mol. The normalized spacial score (nSPS) is 13.3. The maximum absolute atomic E-state index is 5.55. The van der Waals surface area contributed by atoms with Crippen LogP contribution >= 0.6 is 11.3 Å². The molecule has 100 valence electrons. The molecule has 0 saturated carbocycles. The minimum atomic E-state index is 0.438. The number of hydrogen-bond acceptors (Lipinski definition) is 6. The third-order valence-corrected chi connectivity index (χ3v) is 3.84. The SMILES string of the molecule is COCc1nnc2sc(CCC(C)CCN)nn12. The van der Waals surface area contributed by atoms with Crippen LogP contribution in [0.4, 0.5) is 0 Å². The fourth-order valence-electron chi connectivity index (χ4n) is 1.82. The summed E-state index contributed by atoms with van der Waals surface area (Å²) in [6.07, 6.45) is 3.15. The van der Waals surface area contributed by atoms with Crippen LogP contribution in [0.3, 0.4) is 0 Å². The van der Waals surface area contributed by atoms with Gasteiger partial charge in [-0.15, -0.1) is 10.2 Å². The molecule has 0 radical (unpaired) electrons. The van der Waals surface area contributed by atoms with Gasteiger partial charge in [-0.25, -0.2) is 0 Å². The Labute approximate surface area is 110 Å². The molecular weight excluding hydrogens is 250 g/mol. The molecule has 2 heterocycles. The second-order valence-electron chi connectivity index (χ2n) is 4.46. The van der Waals surface area contributed by atoms with Crippen molar-refractivity contribution in [3.8, 4) is 0 Å². The summed E-state index contributed by atoms with van der Waals surface area (Å²) in [7, 11) is 1.64. The smallest absolute Gasteiger partial charge is 0.234 e. The third kappa shape index (κ3) is 3.04. The summed E-state index contributed by atoms with van der Waals surface area (Å²) in [4.78, 5) is 0.837. The minimum Gasteiger partial charge on any atom is -0.377 e. The zero-order valence-corrected chi connectivity index (χ0v) is 11.6. The van der Waals surface area contributed by atoms with Crippen molar-refractivity contribution in [2.45, 2.75) is 32.8 Å². The van der Waals surface area contributed by atoms with Gasteiger partial charge >= 0.3 is 0 Å². The summed E-state index contributed by atoms with van der Waals surface area (Å²) in [6, 6.07) is 0. The lowest BCUT2D eigenvalue weighted by Crippen LogP contribution is -2.06. The molecule has 2 aromatic rings. The lowest BCUT2D eigenvalue weighted by molar-refractivity contribution is 0.176. The third-order valence-electron chi connectivity index (χ3n) is 2.88. The van der Waals surface area contributed by atoms with E-state index in [4.69, 9.17) is 10.5 Å². The molecule has 0 spiro atoms. The van der Waals surface area contributed by atoms with Gasteiger partial charge in [-0.2, -0.15) is 9.61 Å². The number of hydrogen-bond donors (Lipinski definition) is 1. The average Bonchev–Trinajstić information content (AvgIpc) is 2.89. The quantitative estimate of drug-likeness (QED) is 0.818. The molecule has 1 atom stereocenters. The highest BCUT2D eigenvalue weighted by Crippen LogP contribution is 2.18. The van der Waals surface area contributed by atoms with Crippen molar-refractivity contribution >= 4 is 16.3 Å². The molecule has 1 unspecified atom stereocenters. The van der Waals surface area contributed by atoms with E-state index in [1.54, 1.807) is 23.0 Å². The molecule has 2 aromatic heterocycles. The summed E-state index contributed by atoms with van der Waals surface area (Å²) in [5.41, 5.74) is 5.55. The number of nitrogens with two attached hydrogens (primary N) is 1. The monoisotopic (exact) mass is 269 g/mol. The number of aryl methyl sites for hydroxylation is 1. The zero-order valence-electron chi connectivity index (χ0n) is 10.8. The fraction of sp³-hybridized carbons (Fsp3) is 0.727. The van der Waals surface area contributed by atoms with Gasteiger partial charge < -0.3 is 10.5 Å². The minimum absolute atomic E-state index is 0.438. The van der Waals surface area contributed by atoms with Crippen LogP contribution < -0.4 is 5.73 Å². The van der Waals surface area contributed by atoms with Crippen molar-refractivity contribution in [2.75, 3.05) is 13.7 Å². The van der Waals surface area contributed by atoms with Crippen LogP contribution in [0.15, 0.2) is 0 Å². The largest absolute Gasteiger partial charge is 0.377 e. The Morgan fingerprint density at radius 2 is 2.22 bits per heavy atom. The Bertz CT molecular complexity index is 495. The first-order chi connectivity index (χ1) is 8.74. The molecule has 0 aliphatic carbocycles. The molecular formula is C11H19N5OS. The van der Waals surface area contributed by atoms with Crippen molar-refractivity contribution in [1.29, 1.82) is 0 Å². The van der Waals surface area contributed by atoms with Crippen LogP contribution in [0.1, 0.15) is 30.6 Å². The summed E-state index contributed by atoms with van der Waals surface area (Å²) >= 11 is 1.60. The number of fused-ring (bicyclic) bond motifs is 1. The maximum Gasteiger partial charge on any atom is 0.234 e. The zero-order chi connectivity index (χ0) is 13.0. The van der Waals surface area contributed by atoms with Crippen LogP contribution in [0.5, 0.6) is 0 Å². The van der Waals surface area contributed by atoms with Gasteiger partial charge in [-0.1, -0.05) is 18.3 Å². The Morgan fingerprint density at radius 1 is 1.39 bits per heavy atom. The first-order valence-electron chi connectivity index (χ1n) is 6.13. The highest BCUT2D eigenvalue weighted by Gasteiger charge is 2.12. The standard InChI is InChI=1S/C11H19N5OS/c1-8(5-6-12)3-4-10-15-16-9(7-17-2)13-14-11(16)18-10/h8H,3-7,12H2,1-2H3. The van der Waals surface area contributed by atoms with Crippen molar-refractivity contribution in [3.63, 3.8) is 0 Å². The lowest BCUT2D eigenvalue weighted by Gasteiger charge is -2.07. The molecule has 18 heavy (non-hydrogen) atoms. The van der Waals surface area contributed by atoms with Crippen LogP contribution in [-0.4, -0.2) is 33.5 Å². The van der Waals surface area contributed by atoms with Crippen molar-refractivity contribution < 1.29 is 4.74 Å². The topological polar surface area (TPSA) is 78.3 Å². The molecule has 0 bridgehead atoms. The highest BCUT2D eigenvalue weighted by atomic mass is 32.1. The first-order valence-corrected chi connectivity index (χ1v) is 6.95. The number of nitrogens with zero attached hydrogens (tertiary/aromatic N) is 4. The van der Waals surface area contributed by atoms with Gasteiger partial charge in [0, 0.05) is 13.5 Å². The molecule has 0 saturated heterocycles. The fourth-order valence-corrected chi connectivity index (χ4v) is 2.68. The number of aromatic nitrogens is 4. The molecule has 0 aliphatic rings. The van der Waals surface area contributed by atoms with E-state index in [9.17, 15) is 0 Å². The molecule has 0 amide bonds. The van der Waals surface area contributed by atoms with Gasteiger partial charge in [-0.3, -0.25) is 0 Å². The van der Waals surface area contributed by atoms with Gasteiger partial charge in [0.05, 0.1) is 0 Å². The van der Waals surface area contributed by atoms with E-state index in [2.05, 4.69) is 22.2 Å². The predicted octanol–water partition coefficient (Wildman–Crippen LogP) is 1.25. The van der Waals surface area contributed by atoms with E-state index in [0.29, 0.717) is 12.5 Å². The molecule has 0 aromatic carbocycles. The van der Waals surface area contributed by atoms with Crippen LogP contribution in [-0.2, 0) is 17.8 Å². The lowest BCUT2D eigenvalue weighted by atomic mass is 10.0. The molecule has 0 fully saturated rings. The number of ether oxygens (including phenoxy) is 1. The van der Waals surface area contributed by atoms with Gasteiger partial charge in [-0.05, 0) is 25.3 Å². The van der Waals surface area contributed by atoms with Crippen LogP contribution in [0.25, 0.3) is 4.96 Å². The van der Waals surface area contributed by atoms with E-state index in [-0.39, 0.29) is 0 Å². The summed E-state index contributed by atoms with van der Waals surface area (Å²) < 4.78 is 6.84. The second kappa shape index (κ2) is 6.21. The second-order valence-corrected chi connectivity index (χ2v) is 5.50. The number of methoxy groups -OCH3 is 1. The van der Waals surface area contributed by atoms with Crippen molar-refractivity contribution in [1.82, 2.24) is 19.8 Å². The molecule has 6 nitrogen and oxygen atoms in total. The van der Waals surface area contributed by atoms with E-state index >= 15 is 0 Å². The van der Waals surface area contributed by atoms with Gasteiger partial charge in [0.2, 0.25) is 4.96 Å². The van der Waals surface area contributed by atoms with Crippen LogP contribution in [0.2, 0.25) is 0 Å². The van der Waals surface area contributed by atoms with E-state index in [1.165, 1.54) is 0 Å². The van der Waals surface area contributed by atoms with E-state index in [0.717, 1.165) is 41.6 Å². The summed E-state index contributed by atoms with van der Waals surface area (Å²) in [5, 5.41) is 13.7. The molecule has 2 rings (SSSR count). The maximum atomic E-state index is 5.55. The van der Waals surface area contributed by atoms with Gasteiger partial charge in [0.1, 0.15) is 11.6 Å². The Balaban J connectivity index is 2.01. The predicted molar refractivity (Wildman–Crippen MR) is 70.5 cm³/mol. The Kier molecular flexibility index (Phi) is 4.62. The van der Waals surface area contributed by atoms with Gasteiger partial charge in [0.25, 0.3) is 0 Å². The van der Waals surface area contributed by atoms with Crippen LogP contribution in [0, 0.1) is 5.92 Å². The molecule has 0 aliphatic heterocycles. The number of rotatable bonds is 7. The summed E-state index contributed by atoms with van der Waals surface area (Å²) in [6.45, 7) is 3.42. The van der Waals surface area contributed by atoms with E-state index < -0.39 is 0 Å². The van der Waals surface area contributed by atoms with Crippen molar-refractivity contribution in [3.05, 3.63) is 10.8 Å². The van der Waals surface area contributed by atoms with E-state index in [1.807, 2.05) is 0 Å².